The summed E-state index contributed by atoms with van der Waals surface area (Å²) in [4.78, 5) is 1.90. The van der Waals surface area contributed by atoms with Crippen LogP contribution in [0.15, 0.2) is 42.5 Å². The summed E-state index contributed by atoms with van der Waals surface area (Å²) in [6, 6.07) is 11.5. The second kappa shape index (κ2) is 5.92. The number of nitrogens with one attached hydrogen (secondary N) is 1. The predicted molar refractivity (Wildman–Crippen MR) is 81.5 cm³/mol. The van der Waals surface area contributed by atoms with Crippen LogP contribution in [0, 0.1) is 11.2 Å². The van der Waals surface area contributed by atoms with Crippen molar-refractivity contribution < 1.29 is 4.39 Å². The van der Waals surface area contributed by atoms with E-state index >= 15 is 0 Å². The molecule has 3 N–H and O–H groups in total. The molecular weight excluding hydrogens is 277 g/mol. The van der Waals surface area contributed by atoms with Crippen LogP contribution in [0.3, 0.4) is 0 Å². The lowest BCUT2D eigenvalue weighted by molar-refractivity contribution is 0.627. The van der Waals surface area contributed by atoms with Gasteiger partial charge in [-0.25, -0.2) is 4.39 Å². The molecule has 0 aromatic heterocycles. The quantitative estimate of drug-likeness (QED) is 0.662. The molecule has 0 saturated carbocycles. The van der Waals surface area contributed by atoms with Gasteiger partial charge in [0.25, 0.3) is 0 Å². The Bertz CT molecular complexity index is 643. The summed E-state index contributed by atoms with van der Waals surface area (Å²) in [5.74, 6) is -0.329. The Morgan fingerprint density at radius 3 is 2.60 bits per heavy atom. The summed E-state index contributed by atoms with van der Waals surface area (Å²) in [6.45, 7) is 2.60. The van der Waals surface area contributed by atoms with E-state index in [-0.39, 0.29) is 11.7 Å². The Kier molecular flexibility index (Phi) is 4.25. The van der Waals surface area contributed by atoms with Gasteiger partial charge in [0.15, 0.2) is 0 Å². The fourth-order valence-corrected chi connectivity index (χ4v) is 2.31. The van der Waals surface area contributed by atoms with E-state index in [9.17, 15) is 4.39 Å². The van der Waals surface area contributed by atoms with Crippen LogP contribution >= 0.6 is 11.6 Å². The number of nitrogen functional groups attached to an aromatic ring is 1. The zero-order chi connectivity index (χ0) is 14.7. The molecule has 0 fully saturated rings. The Hall–Kier alpha value is -2.07. The zero-order valence-corrected chi connectivity index (χ0v) is 11.8. The summed E-state index contributed by atoms with van der Waals surface area (Å²) in [7, 11) is 0. The first-order chi connectivity index (χ1) is 9.52. The average Bonchev–Trinajstić information content (AvgIpc) is 2.41. The SMILES string of the molecule is CCN(c1cccc(F)c1)c1ccc(C(=N)N)cc1Cl. The van der Waals surface area contributed by atoms with Crippen molar-refractivity contribution in [2.24, 2.45) is 5.73 Å². The fraction of sp³-hybridized carbons (Fsp3) is 0.133. The van der Waals surface area contributed by atoms with E-state index in [2.05, 4.69) is 0 Å². The number of rotatable bonds is 4. The molecule has 3 nitrogen and oxygen atoms in total. The molecule has 0 atom stereocenters. The first-order valence-electron chi connectivity index (χ1n) is 6.20. The van der Waals surface area contributed by atoms with E-state index in [4.69, 9.17) is 22.7 Å². The minimum absolute atomic E-state index is 0.0349. The number of amidine groups is 1. The molecule has 20 heavy (non-hydrogen) atoms. The Labute approximate surface area is 122 Å². The molecule has 0 aliphatic heterocycles. The number of hydrogen-bond acceptors (Lipinski definition) is 2. The van der Waals surface area contributed by atoms with Crippen LogP contribution in [-0.4, -0.2) is 12.4 Å². The number of halogens is 2. The summed E-state index contributed by atoms with van der Waals surface area (Å²) in [6.07, 6.45) is 0. The molecular formula is C15H15ClFN3. The van der Waals surface area contributed by atoms with Gasteiger partial charge in [0.05, 0.1) is 10.7 Å². The largest absolute Gasteiger partial charge is 0.384 e. The molecule has 0 bridgehead atoms. The van der Waals surface area contributed by atoms with Crippen LogP contribution in [0.1, 0.15) is 12.5 Å². The maximum Gasteiger partial charge on any atom is 0.125 e. The first kappa shape index (κ1) is 14.3. The molecule has 2 aromatic carbocycles. The van der Waals surface area contributed by atoms with E-state index in [1.165, 1.54) is 12.1 Å². The van der Waals surface area contributed by atoms with Crippen LogP contribution < -0.4 is 10.6 Å². The molecule has 2 rings (SSSR count). The van der Waals surface area contributed by atoms with Gasteiger partial charge < -0.3 is 10.6 Å². The number of nitrogens with zero attached hydrogens (tertiary/aromatic N) is 1. The number of benzene rings is 2. The summed E-state index contributed by atoms with van der Waals surface area (Å²) in [5, 5.41) is 7.88. The van der Waals surface area contributed by atoms with Gasteiger partial charge in [-0.3, -0.25) is 5.41 Å². The molecule has 2 aromatic rings. The van der Waals surface area contributed by atoms with Gasteiger partial charge in [0, 0.05) is 17.8 Å². The minimum Gasteiger partial charge on any atom is -0.384 e. The molecule has 0 aliphatic rings. The van der Waals surface area contributed by atoms with Crippen molar-refractivity contribution in [3.05, 3.63) is 58.9 Å². The third kappa shape index (κ3) is 2.91. The van der Waals surface area contributed by atoms with Crippen LogP contribution in [0.5, 0.6) is 0 Å². The molecule has 0 heterocycles. The highest BCUT2D eigenvalue weighted by Gasteiger charge is 2.12. The standard InChI is InChI=1S/C15H15ClFN3/c1-2-20(12-5-3-4-11(17)9-12)14-7-6-10(15(18)19)8-13(14)16/h3-9H,2H2,1H3,(H3,18,19). The lowest BCUT2D eigenvalue weighted by Gasteiger charge is -2.24. The van der Waals surface area contributed by atoms with Crippen LogP contribution in [0.25, 0.3) is 0 Å². The van der Waals surface area contributed by atoms with Crippen molar-refractivity contribution in [3.8, 4) is 0 Å². The van der Waals surface area contributed by atoms with Crippen molar-refractivity contribution in [3.63, 3.8) is 0 Å². The zero-order valence-electron chi connectivity index (χ0n) is 11.0. The summed E-state index contributed by atoms with van der Waals surface area (Å²) < 4.78 is 13.3. The van der Waals surface area contributed by atoms with Gasteiger partial charge in [0.1, 0.15) is 11.7 Å². The van der Waals surface area contributed by atoms with Gasteiger partial charge in [-0.15, -0.1) is 0 Å². The summed E-state index contributed by atoms with van der Waals surface area (Å²) >= 11 is 6.25. The Balaban J connectivity index is 2.44. The van der Waals surface area contributed by atoms with Crippen molar-refractivity contribution in [1.82, 2.24) is 0 Å². The van der Waals surface area contributed by atoms with E-state index in [0.717, 1.165) is 11.4 Å². The van der Waals surface area contributed by atoms with E-state index < -0.39 is 0 Å². The Morgan fingerprint density at radius 1 is 1.30 bits per heavy atom. The molecule has 0 spiro atoms. The monoisotopic (exact) mass is 291 g/mol. The van der Waals surface area contributed by atoms with Gasteiger partial charge in [-0.2, -0.15) is 0 Å². The molecule has 0 radical (unpaired) electrons. The topological polar surface area (TPSA) is 53.1 Å². The van der Waals surface area contributed by atoms with E-state index in [1.807, 2.05) is 17.9 Å². The number of anilines is 2. The second-order valence-corrected chi connectivity index (χ2v) is 4.71. The maximum atomic E-state index is 13.3. The third-order valence-corrected chi connectivity index (χ3v) is 3.29. The fourth-order valence-electron chi connectivity index (χ4n) is 2.03. The van der Waals surface area contributed by atoms with Gasteiger partial charge in [-0.1, -0.05) is 17.7 Å². The highest BCUT2D eigenvalue weighted by molar-refractivity contribution is 6.33. The van der Waals surface area contributed by atoms with Crippen molar-refractivity contribution in [2.45, 2.75) is 6.92 Å². The highest BCUT2D eigenvalue weighted by atomic mass is 35.5. The molecule has 0 aliphatic carbocycles. The van der Waals surface area contributed by atoms with E-state index in [0.29, 0.717) is 17.1 Å². The molecule has 5 heteroatoms. The number of nitrogens with two attached hydrogens (primary N) is 1. The predicted octanol–water partition coefficient (Wildman–Crippen LogP) is 3.92. The van der Waals surface area contributed by atoms with Gasteiger partial charge in [0.2, 0.25) is 0 Å². The van der Waals surface area contributed by atoms with Crippen molar-refractivity contribution in [1.29, 1.82) is 5.41 Å². The molecule has 0 saturated heterocycles. The van der Waals surface area contributed by atoms with Crippen LogP contribution in [0.2, 0.25) is 5.02 Å². The van der Waals surface area contributed by atoms with E-state index in [1.54, 1.807) is 24.3 Å². The lowest BCUT2D eigenvalue weighted by atomic mass is 10.1. The summed E-state index contributed by atoms with van der Waals surface area (Å²) in [5.41, 5.74) is 7.48. The third-order valence-electron chi connectivity index (χ3n) is 2.99. The maximum absolute atomic E-state index is 13.3. The first-order valence-corrected chi connectivity index (χ1v) is 6.57. The van der Waals surface area contributed by atoms with Gasteiger partial charge >= 0.3 is 0 Å². The molecule has 0 unspecified atom stereocenters. The van der Waals surface area contributed by atoms with Crippen LogP contribution in [-0.2, 0) is 0 Å². The Morgan fingerprint density at radius 2 is 2.05 bits per heavy atom. The van der Waals surface area contributed by atoms with Crippen molar-refractivity contribution in [2.75, 3.05) is 11.4 Å². The smallest absolute Gasteiger partial charge is 0.125 e. The molecule has 104 valence electrons. The lowest BCUT2D eigenvalue weighted by Crippen LogP contribution is -2.17. The minimum atomic E-state index is -0.294. The van der Waals surface area contributed by atoms with Crippen LogP contribution in [0.4, 0.5) is 15.8 Å². The highest BCUT2D eigenvalue weighted by Crippen LogP contribution is 2.32. The average molecular weight is 292 g/mol. The van der Waals surface area contributed by atoms with Crippen molar-refractivity contribution >= 4 is 28.8 Å². The normalized spacial score (nSPS) is 10.3. The second-order valence-electron chi connectivity index (χ2n) is 4.30. The number of hydrogen-bond donors (Lipinski definition) is 2. The van der Waals surface area contributed by atoms with Gasteiger partial charge in [-0.05, 0) is 43.3 Å². The molecule has 0 amide bonds.